The highest BCUT2D eigenvalue weighted by Crippen LogP contribution is 2.17. The van der Waals surface area contributed by atoms with Crippen molar-refractivity contribution in [3.63, 3.8) is 0 Å². The van der Waals surface area contributed by atoms with Crippen molar-refractivity contribution in [3.8, 4) is 0 Å². The molecule has 1 heterocycles. The van der Waals surface area contributed by atoms with Gasteiger partial charge in [0.05, 0.1) is 7.11 Å². The first-order valence-corrected chi connectivity index (χ1v) is 5.83. The first-order valence-electron chi connectivity index (χ1n) is 5.83. The number of methoxy groups -OCH3 is 1. The maximum absolute atomic E-state index is 11.9. The first-order chi connectivity index (χ1) is 8.61. The summed E-state index contributed by atoms with van der Waals surface area (Å²) < 4.78 is 4.56. The van der Waals surface area contributed by atoms with E-state index >= 15 is 0 Å². The molecular weight excluding hydrogens is 232 g/mol. The van der Waals surface area contributed by atoms with Gasteiger partial charge in [-0.3, -0.25) is 4.79 Å². The van der Waals surface area contributed by atoms with Crippen LogP contribution >= 0.6 is 0 Å². The molecule has 0 spiro atoms. The second kappa shape index (κ2) is 5.18. The number of carbonyl (C=O) groups excluding carboxylic acids is 2. The van der Waals surface area contributed by atoms with E-state index in [1.54, 1.807) is 13.0 Å². The van der Waals surface area contributed by atoms with E-state index in [2.05, 4.69) is 15.4 Å². The molecule has 1 atom stereocenters. The highest BCUT2D eigenvalue weighted by molar-refractivity contribution is 5.96. The third-order valence-corrected chi connectivity index (χ3v) is 3.00. The topological polar surface area (TPSA) is 67.4 Å². The minimum Gasteiger partial charge on any atom is -0.467 e. The number of hydrogen-bond donors (Lipinski definition) is 2. The van der Waals surface area contributed by atoms with Gasteiger partial charge >= 0.3 is 5.97 Å². The second-order valence-electron chi connectivity index (χ2n) is 4.31. The maximum Gasteiger partial charge on any atom is 0.328 e. The van der Waals surface area contributed by atoms with Gasteiger partial charge in [0.1, 0.15) is 6.04 Å². The predicted molar refractivity (Wildman–Crippen MR) is 65.9 cm³/mol. The summed E-state index contributed by atoms with van der Waals surface area (Å²) in [4.78, 5) is 23.2. The van der Waals surface area contributed by atoms with Crippen molar-refractivity contribution < 1.29 is 14.3 Å². The number of fused-ring (bicyclic) bond motifs is 1. The van der Waals surface area contributed by atoms with Crippen molar-refractivity contribution in [1.29, 1.82) is 0 Å². The molecule has 0 bridgehead atoms. The molecule has 1 aliphatic rings. The van der Waals surface area contributed by atoms with Gasteiger partial charge in [-0.1, -0.05) is 6.07 Å². The number of hydrogen-bond acceptors (Lipinski definition) is 4. The molecule has 1 aliphatic heterocycles. The third-order valence-electron chi connectivity index (χ3n) is 3.00. The Bertz CT molecular complexity index is 485. The Morgan fingerprint density at radius 2 is 2.06 bits per heavy atom. The van der Waals surface area contributed by atoms with Crippen molar-refractivity contribution in [3.05, 3.63) is 34.9 Å². The second-order valence-corrected chi connectivity index (χ2v) is 4.31. The summed E-state index contributed by atoms with van der Waals surface area (Å²) in [5.41, 5.74) is 2.91. The Morgan fingerprint density at radius 1 is 1.33 bits per heavy atom. The fraction of sp³-hybridized carbons (Fsp3) is 0.385. The molecule has 96 valence electrons. The van der Waals surface area contributed by atoms with E-state index in [0.29, 0.717) is 5.56 Å². The lowest BCUT2D eigenvalue weighted by Crippen LogP contribution is -2.39. The van der Waals surface area contributed by atoms with Crippen LogP contribution in [0.15, 0.2) is 18.2 Å². The highest BCUT2D eigenvalue weighted by Gasteiger charge is 2.18. The molecule has 0 radical (unpaired) electrons. The summed E-state index contributed by atoms with van der Waals surface area (Å²) in [6.07, 6.45) is 0. The van der Waals surface area contributed by atoms with Gasteiger partial charge in [-0.25, -0.2) is 4.79 Å². The minimum atomic E-state index is -0.645. The van der Waals surface area contributed by atoms with Crippen molar-refractivity contribution >= 4 is 11.9 Å². The van der Waals surface area contributed by atoms with Crippen LogP contribution < -0.4 is 10.6 Å². The van der Waals surface area contributed by atoms with Crippen molar-refractivity contribution in [2.45, 2.75) is 26.1 Å². The van der Waals surface area contributed by atoms with E-state index in [4.69, 9.17) is 0 Å². The smallest absolute Gasteiger partial charge is 0.328 e. The summed E-state index contributed by atoms with van der Waals surface area (Å²) in [5, 5.41) is 5.82. The number of nitrogens with one attached hydrogen (secondary N) is 2. The number of benzene rings is 1. The van der Waals surface area contributed by atoms with Gasteiger partial charge in [-0.05, 0) is 30.2 Å². The number of ether oxygens (including phenoxy) is 1. The summed E-state index contributed by atoms with van der Waals surface area (Å²) in [5.74, 6) is -0.714. The molecule has 0 saturated heterocycles. The zero-order valence-corrected chi connectivity index (χ0v) is 10.4. The fourth-order valence-corrected chi connectivity index (χ4v) is 1.95. The zero-order chi connectivity index (χ0) is 13.1. The monoisotopic (exact) mass is 248 g/mol. The number of carbonyl (C=O) groups is 2. The van der Waals surface area contributed by atoms with E-state index in [0.717, 1.165) is 18.7 Å². The molecule has 2 rings (SSSR count). The van der Waals surface area contributed by atoms with E-state index in [-0.39, 0.29) is 5.91 Å². The lowest BCUT2D eigenvalue weighted by Gasteiger charge is -2.12. The molecule has 1 amide bonds. The summed E-state index contributed by atoms with van der Waals surface area (Å²) in [6.45, 7) is 3.22. The summed E-state index contributed by atoms with van der Waals surface area (Å²) >= 11 is 0. The van der Waals surface area contributed by atoms with E-state index in [1.807, 2.05) is 12.1 Å². The number of rotatable bonds is 3. The Labute approximate surface area is 106 Å². The lowest BCUT2D eigenvalue weighted by atomic mass is 10.1. The van der Waals surface area contributed by atoms with Crippen molar-refractivity contribution in [2.24, 2.45) is 0 Å². The molecule has 5 heteroatoms. The molecule has 0 aliphatic carbocycles. The quantitative estimate of drug-likeness (QED) is 0.768. The molecule has 1 aromatic rings. The molecule has 18 heavy (non-hydrogen) atoms. The van der Waals surface area contributed by atoms with E-state index in [9.17, 15) is 9.59 Å². The zero-order valence-electron chi connectivity index (χ0n) is 10.4. The molecule has 1 unspecified atom stereocenters. The highest BCUT2D eigenvalue weighted by atomic mass is 16.5. The Hall–Kier alpha value is -1.88. The van der Waals surface area contributed by atoms with Crippen LogP contribution in [-0.2, 0) is 22.6 Å². The molecule has 1 aromatic carbocycles. The van der Waals surface area contributed by atoms with Crippen LogP contribution in [0.5, 0.6) is 0 Å². The SMILES string of the molecule is COC(=O)C(C)NC(=O)c1ccc2c(c1)CNC2. The largest absolute Gasteiger partial charge is 0.467 e. The molecule has 0 saturated carbocycles. The van der Waals surface area contributed by atoms with Crippen molar-refractivity contribution in [1.82, 2.24) is 10.6 Å². The molecular formula is C13H16N2O3. The van der Waals surface area contributed by atoms with Crippen molar-refractivity contribution in [2.75, 3.05) is 7.11 Å². The Morgan fingerprint density at radius 3 is 2.78 bits per heavy atom. The van der Waals surface area contributed by atoms with Gasteiger partial charge in [0.2, 0.25) is 0 Å². The van der Waals surface area contributed by atoms with Gasteiger partial charge in [-0.2, -0.15) is 0 Å². The Kier molecular flexibility index (Phi) is 3.62. The van der Waals surface area contributed by atoms with Gasteiger partial charge in [-0.15, -0.1) is 0 Å². The normalized spacial score (nSPS) is 14.8. The number of esters is 1. The summed E-state index contributed by atoms with van der Waals surface area (Å²) in [6, 6.07) is 4.92. The maximum atomic E-state index is 11.9. The van der Waals surface area contributed by atoms with Crippen LogP contribution in [0.25, 0.3) is 0 Å². The van der Waals surface area contributed by atoms with Crippen LogP contribution in [0.3, 0.4) is 0 Å². The van der Waals surface area contributed by atoms with E-state index in [1.165, 1.54) is 12.7 Å². The third kappa shape index (κ3) is 2.51. The Balaban J connectivity index is 2.07. The van der Waals surface area contributed by atoms with Crippen LogP contribution in [-0.4, -0.2) is 25.0 Å². The first kappa shape index (κ1) is 12.6. The lowest BCUT2D eigenvalue weighted by molar-refractivity contribution is -0.142. The van der Waals surface area contributed by atoms with Gasteiger partial charge in [0.15, 0.2) is 0 Å². The molecule has 0 aromatic heterocycles. The van der Waals surface area contributed by atoms with Gasteiger partial charge in [0, 0.05) is 18.7 Å². The standard InChI is InChI=1S/C13H16N2O3/c1-8(13(17)18-2)15-12(16)9-3-4-10-6-14-7-11(10)5-9/h3-5,8,14H,6-7H2,1-2H3,(H,15,16). The van der Waals surface area contributed by atoms with Crippen LogP contribution in [0.1, 0.15) is 28.4 Å². The molecule has 0 fully saturated rings. The van der Waals surface area contributed by atoms with Gasteiger partial charge in [0.25, 0.3) is 5.91 Å². The minimum absolute atomic E-state index is 0.261. The molecule has 5 nitrogen and oxygen atoms in total. The van der Waals surface area contributed by atoms with Crippen LogP contribution in [0.4, 0.5) is 0 Å². The predicted octanol–water partition coefficient (Wildman–Crippen LogP) is 0.581. The molecule has 2 N–H and O–H groups in total. The average Bonchev–Trinajstić information content (AvgIpc) is 2.84. The average molecular weight is 248 g/mol. The van der Waals surface area contributed by atoms with Gasteiger partial charge < -0.3 is 15.4 Å². The van der Waals surface area contributed by atoms with Crippen LogP contribution in [0, 0.1) is 0 Å². The van der Waals surface area contributed by atoms with Crippen LogP contribution in [0.2, 0.25) is 0 Å². The fourth-order valence-electron chi connectivity index (χ4n) is 1.95. The van der Waals surface area contributed by atoms with E-state index < -0.39 is 12.0 Å². The summed E-state index contributed by atoms with van der Waals surface area (Å²) in [7, 11) is 1.30. The number of amides is 1.